The molecule has 0 spiro atoms. The molecule has 9 heteroatoms. The fourth-order valence-electron chi connectivity index (χ4n) is 7.18. The minimum Gasteiger partial charge on any atom is -0.444 e. The molecule has 0 radical (unpaired) electrons. The maximum atomic E-state index is 15.2. The summed E-state index contributed by atoms with van der Waals surface area (Å²) in [6.07, 6.45) is 2.08. The van der Waals surface area contributed by atoms with Gasteiger partial charge in [-0.15, -0.1) is 0 Å². The first kappa shape index (κ1) is 26.3. The quantitative estimate of drug-likeness (QED) is 0.497. The molecule has 1 aromatic heterocycles. The maximum Gasteiger partial charge on any atom is 0.411 e. The number of rotatable bonds is 5. The first-order valence-electron chi connectivity index (χ1n) is 13.9. The van der Waals surface area contributed by atoms with Crippen LogP contribution in [0.5, 0.6) is 0 Å². The molecule has 2 bridgehead atoms. The summed E-state index contributed by atoms with van der Waals surface area (Å²) in [7, 11) is 1.87. The summed E-state index contributed by atoms with van der Waals surface area (Å²) in [4.78, 5) is 28.3. The lowest BCUT2D eigenvalue weighted by Crippen LogP contribution is -2.56. The van der Waals surface area contributed by atoms with E-state index in [0.717, 1.165) is 22.9 Å². The van der Waals surface area contributed by atoms with Crippen LogP contribution in [0.3, 0.4) is 0 Å². The number of piperidine rings is 1. The van der Waals surface area contributed by atoms with Gasteiger partial charge in [-0.1, -0.05) is 25.1 Å². The standard InChI is InChI=1S/C31H34FN5O3/c1-16-26-22-13-25(27(16)26)37(30(39)40-31(2,3)4)28(22)29(38)35-21(14-33)11-19-7-6-18(12-23(19)32)17-8-9-24-20(10-17)15-34-36(24)5/h6-10,12,15-16,21-22,25-28H,11,13H2,1-5H3,(H,35,38)/t16-,21-,22+,25-,26-,27+,28-/m0/s1. The van der Waals surface area contributed by atoms with Crippen molar-refractivity contribution in [2.45, 2.75) is 64.3 Å². The van der Waals surface area contributed by atoms with Crippen LogP contribution in [0.25, 0.3) is 22.0 Å². The zero-order valence-electron chi connectivity index (χ0n) is 23.4. The number of benzene rings is 2. The van der Waals surface area contributed by atoms with Crippen molar-refractivity contribution in [2.75, 3.05) is 0 Å². The minimum atomic E-state index is -0.938. The Morgan fingerprint density at radius 1 is 1.20 bits per heavy atom. The van der Waals surface area contributed by atoms with Crippen molar-refractivity contribution in [1.82, 2.24) is 20.0 Å². The number of hydrogen-bond donors (Lipinski definition) is 1. The number of nitrogens with zero attached hydrogens (tertiary/aromatic N) is 4. The molecular formula is C31H34FN5O3. The predicted octanol–water partition coefficient (Wildman–Crippen LogP) is 4.82. The average Bonchev–Trinajstić information content (AvgIpc) is 3.21. The highest BCUT2D eigenvalue weighted by molar-refractivity contribution is 5.88. The second-order valence-electron chi connectivity index (χ2n) is 12.6. The second kappa shape index (κ2) is 9.33. The lowest BCUT2D eigenvalue weighted by molar-refractivity contribution is -0.128. The first-order chi connectivity index (χ1) is 19.0. The van der Waals surface area contributed by atoms with Gasteiger partial charge in [-0.2, -0.15) is 10.4 Å². The number of aryl methyl sites for hydroxylation is 1. The van der Waals surface area contributed by atoms with Crippen molar-refractivity contribution in [3.63, 3.8) is 0 Å². The SMILES string of the molecule is C[C@H]1[C@H]2[C@H]3C[C@@H]([C@@H]12)N(C(=O)OC(C)(C)C)[C@@H]3C(=O)N[C@H](C#N)Cc1ccc(-c2ccc3c(cnn3C)c2)cc1F. The van der Waals surface area contributed by atoms with E-state index >= 15 is 4.39 Å². The molecular weight excluding hydrogens is 509 g/mol. The third-order valence-electron chi connectivity index (χ3n) is 8.93. The molecule has 2 aromatic carbocycles. The minimum absolute atomic E-state index is 0.0195. The van der Waals surface area contributed by atoms with E-state index in [1.807, 2.05) is 31.3 Å². The molecule has 2 heterocycles. The van der Waals surface area contributed by atoms with Crippen LogP contribution in [0, 0.1) is 40.8 Å². The summed E-state index contributed by atoms with van der Waals surface area (Å²) in [6, 6.07) is 11.2. The topological polar surface area (TPSA) is 100 Å². The molecule has 6 rings (SSSR count). The summed E-state index contributed by atoms with van der Waals surface area (Å²) in [5.74, 6) is 0.512. The summed E-state index contributed by atoms with van der Waals surface area (Å²) in [5, 5.41) is 17.9. The number of aromatic nitrogens is 2. The van der Waals surface area contributed by atoms with Crippen LogP contribution in [0.2, 0.25) is 0 Å². The van der Waals surface area contributed by atoms with E-state index in [-0.39, 0.29) is 24.3 Å². The van der Waals surface area contributed by atoms with Gasteiger partial charge in [-0.3, -0.25) is 14.4 Å². The number of nitrogens with one attached hydrogen (secondary N) is 1. The molecule has 1 N–H and O–H groups in total. The molecule has 208 valence electrons. The van der Waals surface area contributed by atoms with E-state index in [1.165, 1.54) is 6.07 Å². The van der Waals surface area contributed by atoms with Gasteiger partial charge in [0, 0.05) is 24.9 Å². The molecule has 2 amide bonds. The Balaban J connectivity index is 1.17. The van der Waals surface area contributed by atoms with E-state index in [9.17, 15) is 14.9 Å². The number of amides is 2. The summed E-state index contributed by atoms with van der Waals surface area (Å²) in [6.45, 7) is 7.58. The highest BCUT2D eigenvalue weighted by Gasteiger charge is 2.71. The molecule has 1 aliphatic heterocycles. The number of nitriles is 1. The van der Waals surface area contributed by atoms with Gasteiger partial charge in [0.1, 0.15) is 23.5 Å². The van der Waals surface area contributed by atoms with Crippen LogP contribution in [-0.2, 0) is 23.0 Å². The summed E-state index contributed by atoms with van der Waals surface area (Å²) >= 11 is 0. The largest absolute Gasteiger partial charge is 0.444 e. The number of fused-ring (bicyclic) bond motifs is 6. The molecule has 3 aromatic rings. The zero-order valence-corrected chi connectivity index (χ0v) is 23.4. The van der Waals surface area contributed by atoms with Crippen molar-refractivity contribution in [3.8, 4) is 17.2 Å². The fraction of sp³-hybridized carbons (Fsp3) is 0.484. The summed E-state index contributed by atoms with van der Waals surface area (Å²) < 4.78 is 22.7. The third kappa shape index (κ3) is 4.40. The second-order valence-corrected chi connectivity index (χ2v) is 12.6. The van der Waals surface area contributed by atoms with E-state index in [4.69, 9.17) is 4.74 Å². The smallest absolute Gasteiger partial charge is 0.411 e. The van der Waals surface area contributed by atoms with Gasteiger partial charge in [-0.25, -0.2) is 9.18 Å². The van der Waals surface area contributed by atoms with Crippen LogP contribution in [0.15, 0.2) is 42.6 Å². The highest BCUT2D eigenvalue weighted by Crippen LogP contribution is 2.67. The molecule has 3 fully saturated rings. The third-order valence-corrected chi connectivity index (χ3v) is 8.93. The van der Waals surface area contributed by atoms with Crippen molar-refractivity contribution < 1.29 is 18.7 Å². The van der Waals surface area contributed by atoms with Crippen LogP contribution in [0.1, 0.15) is 39.7 Å². The Kier molecular flexibility index (Phi) is 6.13. The lowest BCUT2D eigenvalue weighted by atomic mass is 9.94. The van der Waals surface area contributed by atoms with Gasteiger partial charge < -0.3 is 10.1 Å². The number of carbonyl (C=O) groups is 2. The molecule has 0 unspecified atom stereocenters. The van der Waals surface area contributed by atoms with E-state index in [0.29, 0.717) is 28.9 Å². The van der Waals surface area contributed by atoms with Crippen molar-refractivity contribution >= 4 is 22.9 Å². The lowest BCUT2D eigenvalue weighted by Gasteiger charge is -2.35. The molecule has 2 saturated carbocycles. The Labute approximate surface area is 233 Å². The number of halogens is 1. The van der Waals surface area contributed by atoms with Gasteiger partial charge >= 0.3 is 6.09 Å². The normalized spacial score (nSPS) is 27.3. The maximum absolute atomic E-state index is 15.2. The Hall–Kier alpha value is -3.93. The number of ether oxygens (including phenoxy) is 1. The molecule has 3 aliphatic rings. The van der Waals surface area contributed by atoms with Crippen LogP contribution < -0.4 is 5.32 Å². The first-order valence-corrected chi connectivity index (χ1v) is 13.9. The number of likely N-dealkylation sites (tertiary alicyclic amines) is 1. The van der Waals surface area contributed by atoms with Gasteiger partial charge in [-0.05, 0) is 85.8 Å². The Morgan fingerprint density at radius 2 is 1.93 bits per heavy atom. The molecule has 8 nitrogen and oxygen atoms in total. The van der Waals surface area contributed by atoms with Crippen LogP contribution in [0.4, 0.5) is 9.18 Å². The Morgan fingerprint density at radius 3 is 2.62 bits per heavy atom. The molecule has 2 aliphatic carbocycles. The van der Waals surface area contributed by atoms with Gasteiger partial charge in [0.2, 0.25) is 5.91 Å². The molecule has 1 saturated heterocycles. The van der Waals surface area contributed by atoms with Crippen molar-refractivity contribution in [3.05, 3.63) is 54.0 Å². The van der Waals surface area contributed by atoms with E-state index < -0.39 is 29.6 Å². The van der Waals surface area contributed by atoms with E-state index in [1.54, 1.807) is 42.6 Å². The average molecular weight is 544 g/mol. The molecule has 40 heavy (non-hydrogen) atoms. The number of hydrogen-bond acceptors (Lipinski definition) is 5. The van der Waals surface area contributed by atoms with Crippen molar-refractivity contribution in [1.29, 1.82) is 5.26 Å². The van der Waals surface area contributed by atoms with Gasteiger partial charge in [0.15, 0.2) is 0 Å². The molecule has 7 atom stereocenters. The van der Waals surface area contributed by atoms with Crippen LogP contribution in [-0.4, -0.2) is 50.4 Å². The Bertz CT molecular complexity index is 1550. The van der Waals surface area contributed by atoms with Crippen molar-refractivity contribution in [2.24, 2.45) is 30.7 Å². The predicted molar refractivity (Wildman–Crippen MR) is 147 cm³/mol. The van der Waals surface area contributed by atoms with E-state index in [2.05, 4.69) is 23.4 Å². The zero-order chi connectivity index (χ0) is 28.5. The fourth-order valence-corrected chi connectivity index (χ4v) is 7.18. The van der Waals surface area contributed by atoms with Gasteiger partial charge in [0.05, 0.1) is 17.8 Å². The monoisotopic (exact) mass is 543 g/mol. The highest BCUT2D eigenvalue weighted by atomic mass is 19.1. The number of carbonyl (C=O) groups excluding carboxylic acids is 2. The van der Waals surface area contributed by atoms with Crippen LogP contribution >= 0.6 is 0 Å². The van der Waals surface area contributed by atoms with Gasteiger partial charge in [0.25, 0.3) is 0 Å². The summed E-state index contributed by atoms with van der Waals surface area (Å²) in [5.41, 5.74) is 2.22.